The first-order valence-electron chi connectivity index (χ1n) is 7.24. The summed E-state index contributed by atoms with van der Waals surface area (Å²) < 4.78 is 0. The summed E-state index contributed by atoms with van der Waals surface area (Å²) in [6.07, 6.45) is 9.35. The third-order valence-corrected chi connectivity index (χ3v) is 7.57. The van der Waals surface area contributed by atoms with E-state index in [9.17, 15) is 0 Å². The zero-order valence-corrected chi connectivity index (χ0v) is 13.9. The van der Waals surface area contributed by atoms with Gasteiger partial charge in [-0.3, -0.25) is 4.99 Å². The molecule has 0 aromatic heterocycles. The van der Waals surface area contributed by atoms with Crippen molar-refractivity contribution >= 4 is 24.1 Å². The third kappa shape index (κ3) is 6.66. The van der Waals surface area contributed by atoms with E-state index >= 15 is 0 Å². The third-order valence-electron chi connectivity index (χ3n) is 3.09. The highest BCUT2D eigenvalue weighted by Gasteiger charge is 2.26. The van der Waals surface area contributed by atoms with Gasteiger partial charge >= 0.3 is 0 Å². The van der Waals surface area contributed by atoms with Crippen LogP contribution in [0.25, 0.3) is 0 Å². The van der Waals surface area contributed by atoms with Gasteiger partial charge in [-0.2, -0.15) is 11.2 Å². The molecule has 0 N–H and O–H groups in total. The van der Waals surface area contributed by atoms with Crippen molar-refractivity contribution in [2.45, 2.75) is 76.8 Å². The molecule has 0 aliphatic heterocycles. The molecule has 100 valence electrons. The summed E-state index contributed by atoms with van der Waals surface area (Å²) in [5, 5.41) is 0.761. The lowest BCUT2D eigenvalue weighted by Crippen LogP contribution is -2.29. The molecule has 1 aliphatic carbocycles. The van der Waals surface area contributed by atoms with E-state index in [1.807, 2.05) is 0 Å². The van der Waals surface area contributed by atoms with Crippen LogP contribution in [0.15, 0.2) is 4.99 Å². The fourth-order valence-electron chi connectivity index (χ4n) is 2.28. The van der Waals surface area contributed by atoms with Crippen molar-refractivity contribution in [1.29, 1.82) is 0 Å². The Morgan fingerprint density at radius 1 is 1.24 bits per heavy atom. The van der Waals surface area contributed by atoms with Crippen molar-refractivity contribution in [2.24, 2.45) is 4.99 Å². The second-order valence-corrected chi connectivity index (χ2v) is 15.5. The summed E-state index contributed by atoms with van der Waals surface area (Å²) in [6, 6.07) is 0. The second kappa shape index (κ2) is 7.62. The van der Waals surface area contributed by atoms with E-state index in [2.05, 4.69) is 37.8 Å². The van der Waals surface area contributed by atoms with Gasteiger partial charge in [0.1, 0.15) is 7.22 Å². The van der Waals surface area contributed by atoms with Crippen LogP contribution in [-0.2, 0) is 0 Å². The first-order valence-corrected chi connectivity index (χ1v) is 12.3. The summed E-state index contributed by atoms with van der Waals surface area (Å²) in [6.45, 7) is 10.7. The van der Waals surface area contributed by atoms with Crippen molar-refractivity contribution < 1.29 is 0 Å². The highest BCUT2D eigenvalue weighted by atomic mass is 32.4. The van der Waals surface area contributed by atoms with E-state index in [0.717, 1.165) is 11.8 Å². The molecule has 1 nitrogen and oxygen atoms in total. The Kier molecular flexibility index (Phi) is 6.86. The van der Waals surface area contributed by atoms with Gasteiger partial charge in [-0.15, -0.1) is 0 Å². The fraction of sp³-hybridized carbons (Fsp3) is 0.929. The minimum absolute atomic E-state index is 0.761. The molecule has 3 heteroatoms. The molecule has 17 heavy (non-hydrogen) atoms. The average Bonchev–Trinajstić information content (AvgIpc) is 2.24. The van der Waals surface area contributed by atoms with Crippen LogP contribution in [0.5, 0.6) is 0 Å². The Labute approximate surface area is 113 Å². The maximum atomic E-state index is 4.90. The lowest BCUT2D eigenvalue weighted by atomic mass is 9.98. The minimum Gasteiger partial charge on any atom is -0.293 e. The number of hydrogen-bond acceptors (Lipinski definition) is 2. The zero-order valence-electron chi connectivity index (χ0n) is 12.1. The molecule has 1 atom stereocenters. The smallest absolute Gasteiger partial charge is 0.109 e. The van der Waals surface area contributed by atoms with Gasteiger partial charge in [0.15, 0.2) is 0 Å². The quantitative estimate of drug-likeness (QED) is 0.482. The Morgan fingerprint density at radius 2 is 2.00 bits per heavy atom. The number of aliphatic imine (C=N–C) groups is 1. The lowest BCUT2D eigenvalue weighted by Gasteiger charge is -2.29. The number of nitrogens with zero attached hydrogens (tertiary/aromatic N) is 1. The van der Waals surface area contributed by atoms with Crippen LogP contribution >= 0.6 is 11.2 Å². The summed E-state index contributed by atoms with van der Waals surface area (Å²) in [5.74, 6) is 0. The number of rotatable bonds is 6. The van der Waals surface area contributed by atoms with Gasteiger partial charge in [0.2, 0.25) is 0 Å². The van der Waals surface area contributed by atoms with E-state index in [1.165, 1.54) is 44.9 Å². The van der Waals surface area contributed by atoms with E-state index in [4.69, 9.17) is 4.99 Å². The molecular weight excluding hydrogens is 242 g/mol. The van der Waals surface area contributed by atoms with Crippen LogP contribution < -0.4 is 0 Å². The van der Waals surface area contributed by atoms with Gasteiger partial charge in [0, 0.05) is 17.5 Å². The molecule has 0 spiro atoms. The number of hydrogen-bond donors (Lipinski definition) is 0. The van der Waals surface area contributed by atoms with Crippen molar-refractivity contribution in [3.05, 3.63) is 0 Å². The Hall–Kier alpha value is 0.237. The van der Waals surface area contributed by atoms with Crippen LogP contribution in [0.2, 0.25) is 19.6 Å². The van der Waals surface area contributed by atoms with Gasteiger partial charge in [0.25, 0.3) is 0 Å². The topological polar surface area (TPSA) is 12.4 Å². The molecular formula is C14H29NSSi. The molecule has 1 unspecified atom stereocenters. The highest BCUT2D eigenvalue weighted by molar-refractivity contribution is 8.29. The summed E-state index contributed by atoms with van der Waals surface area (Å²) in [5.41, 5.74) is 1.54. The van der Waals surface area contributed by atoms with Gasteiger partial charge in [-0.25, -0.2) is 0 Å². The molecule has 1 fully saturated rings. The first kappa shape index (κ1) is 15.3. The Morgan fingerprint density at radius 3 is 2.65 bits per heavy atom. The summed E-state index contributed by atoms with van der Waals surface area (Å²) in [4.78, 5) is 4.90. The molecule has 0 bridgehead atoms. The zero-order chi connectivity index (χ0) is 12.7. The van der Waals surface area contributed by atoms with E-state index in [0.29, 0.717) is 0 Å². The SMILES string of the molecule is CCCCCN=C1CCCCC1S[Si](C)(C)C. The maximum Gasteiger partial charge on any atom is 0.109 e. The van der Waals surface area contributed by atoms with Crippen molar-refractivity contribution in [3.63, 3.8) is 0 Å². The largest absolute Gasteiger partial charge is 0.293 e. The van der Waals surface area contributed by atoms with Crippen molar-refractivity contribution in [3.8, 4) is 0 Å². The van der Waals surface area contributed by atoms with Crippen LogP contribution in [0.3, 0.4) is 0 Å². The standard InChI is InChI=1S/C14H29NSSi/c1-5-6-9-12-15-13-10-7-8-11-14(13)16-17(2,3)4/h14H,5-12H2,1-4H3. The summed E-state index contributed by atoms with van der Waals surface area (Å²) in [7, 11) is -1.00. The van der Waals surface area contributed by atoms with Crippen LogP contribution in [0, 0.1) is 0 Å². The van der Waals surface area contributed by atoms with Gasteiger partial charge < -0.3 is 0 Å². The Balaban J connectivity index is 2.47. The maximum absolute atomic E-state index is 4.90. The normalized spacial score (nSPS) is 24.2. The van der Waals surface area contributed by atoms with Crippen LogP contribution in [0.4, 0.5) is 0 Å². The van der Waals surface area contributed by atoms with E-state index in [1.54, 1.807) is 5.71 Å². The average molecular weight is 272 g/mol. The van der Waals surface area contributed by atoms with Gasteiger partial charge in [-0.1, -0.05) is 45.8 Å². The summed E-state index contributed by atoms with van der Waals surface area (Å²) >= 11 is 2.26. The second-order valence-electron chi connectivity index (χ2n) is 6.04. The van der Waals surface area contributed by atoms with Gasteiger partial charge in [0.05, 0.1) is 0 Å². The van der Waals surface area contributed by atoms with E-state index in [-0.39, 0.29) is 0 Å². The van der Waals surface area contributed by atoms with Crippen molar-refractivity contribution in [2.75, 3.05) is 6.54 Å². The predicted octanol–water partition coefficient (Wildman–Crippen LogP) is 5.13. The molecule has 1 aliphatic rings. The molecule has 0 aromatic carbocycles. The minimum atomic E-state index is -1.00. The predicted molar refractivity (Wildman–Crippen MR) is 85.0 cm³/mol. The molecule has 0 radical (unpaired) electrons. The van der Waals surface area contributed by atoms with Crippen molar-refractivity contribution in [1.82, 2.24) is 0 Å². The first-order chi connectivity index (χ1) is 8.03. The molecule has 0 heterocycles. The molecule has 1 saturated carbocycles. The Bertz CT molecular complexity index is 245. The highest BCUT2D eigenvalue weighted by Crippen LogP contribution is 2.33. The van der Waals surface area contributed by atoms with Gasteiger partial charge in [-0.05, 0) is 25.7 Å². The van der Waals surface area contributed by atoms with Crippen LogP contribution in [0.1, 0.15) is 51.9 Å². The monoisotopic (exact) mass is 271 g/mol. The fourth-order valence-corrected chi connectivity index (χ4v) is 7.07. The van der Waals surface area contributed by atoms with E-state index < -0.39 is 7.22 Å². The molecule has 0 amide bonds. The lowest BCUT2D eigenvalue weighted by molar-refractivity contribution is 0.665. The number of unbranched alkanes of at least 4 members (excludes halogenated alkanes) is 2. The molecule has 0 saturated heterocycles. The molecule has 0 aromatic rings. The van der Waals surface area contributed by atoms with Crippen LogP contribution in [-0.4, -0.2) is 24.7 Å². The molecule has 1 rings (SSSR count).